The molecule has 0 radical (unpaired) electrons. The van der Waals surface area contributed by atoms with E-state index in [4.69, 9.17) is 0 Å². The average molecular weight is 154 g/mol. The van der Waals surface area contributed by atoms with Crippen molar-refractivity contribution in [3.63, 3.8) is 0 Å². The maximum atomic E-state index is 9.53. The third-order valence-electron chi connectivity index (χ3n) is 2.61. The fraction of sp³-hybridized carbons (Fsp3) is 0.800. The SMILES string of the molecule is CCC=CC1C(C)CCC1O. The van der Waals surface area contributed by atoms with Crippen LogP contribution < -0.4 is 0 Å². The number of rotatable bonds is 2. The fourth-order valence-corrected chi connectivity index (χ4v) is 1.81. The molecule has 0 aliphatic heterocycles. The minimum Gasteiger partial charge on any atom is -0.393 e. The van der Waals surface area contributed by atoms with E-state index >= 15 is 0 Å². The van der Waals surface area contributed by atoms with E-state index in [9.17, 15) is 5.11 Å². The maximum Gasteiger partial charge on any atom is 0.0605 e. The third kappa shape index (κ3) is 2.06. The minimum atomic E-state index is -0.0761. The van der Waals surface area contributed by atoms with Gasteiger partial charge in [0.25, 0.3) is 0 Å². The molecule has 1 aliphatic rings. The van der Waals surface area contributed by atoms with Crippen LogP contribution in [-0.4, -0.2) is 11.2 Å². The molecule has 0 heterocycles. The van der Waals surface area contributed by atoms with Gasteiger partial charge < -0.3 is 5.11 Å². The van der Waals surface area contributed by atoms with Gasteiger partial charge in [-0.25, -0.2) is 0 Å². The van der Waals surface area contributed by atoms with E-state index in [1.54, 1.807) is 0 Å². The standard InChI is InChI=1S/C10H18O/c1-3-4-5-9-8(2)6-7-10(9)11/h4-5,8-11H,3,6-7H2,1-2H3. The molecule has 1 saturated carbocycles. The lowest BCUT2D eigenvalue weighted by Crippen LogP contribution is -2.14. The largest absolute Gasteiger partial charge is 0.393 e. The Hall–Kier alpha value is -0.300. The lowest BCUT2D eigenvalue weighted by Gasteiger charge is -2.13. The van der Waals surface area contributed by atoms with Gasteiger partial charge in [-0.3, -0.25) is 0 Å². The van der Waals surface area contributed by atoms with Crippen molar-refractivity contribution in [1.29, 1.82) is 0 Å². The molecule has 1 N–H and O–H groups in total. The summed E-state index contributed by atoms with van der Waals surface area (Å²) in [6.07, 6.45) is 7.51. The Balaban J connectivity index is 2.47. The summed E-state index contributed by atoms with van der Waals surface area (Å²) in [5, 5.41) is 9.53. The molecule has 0 bridgehead atoms. The molecule has 1 fully saturated rings. The van der Waals surface area contributed by atoms with E-state index < -0.39 is 0 Å². The van der Waals surface area contributed by atoms with Crippen LogP contribution in [-0.2, 0) is 0 Å². The van der Waals surface area contributed by atoms with Crippen LogP contribution in [0.25, 0.3) is 0 Å². The first-order chi connectivity index (χ1) is 5.25. The molecular formula is C10H18O. The van der Waals surface area contributed by atoms with Crippen LogP contribution in [0, 0.1) is 11.8 Å². The molecule has 1 heteroatoms. The van der Waals surface area contributed by atoms with E-state index in [0.29, 0.717) is 11.8 Å². The Labute approximate surface area is 69.1 Å². The van der Waals surface area contributed by atoms with Crippen molar-refractivity contribution in [2.45, 2.75) is 39.2 Å². The molecule has 1 nitrogen and oxygen atoms in total. The van der Waals surface area contributed by atoms with Gasteiger partial charge in [-0.15, -0.1) is 0 Å². The Morgan fingerprint density at radius 3 is 2.64 bits per heavy atom. The van der Waals surface area contributed by atoms with E-state index in [2.05, 4.69) is 26.0 Å². The van der Waals surface area contributed by atoms with Crippen molar-refractivity contribution in [1.82, 2.24) is 0 Å². The highest BCUT2D eigenvalue weighted by molar-refractivity contribution is 4.97. The lowest BCUT2D eigenvalue weighted by molar-refractivity contribution is 0.144. The fourth-order valence-electron chi connectivity index (χ4n) is 1.81. The zero-order valence-electron chi connectivity index (χ0n) is 7.46. The van der Waals surface area contributed by atoms with Gasteiger partial charge in [0.1, 0.15) is 0 Å². The molecule has 3 unspecified atom stereocenters. The second kappa shape index (κ2) is 3.91. The number of aliphatic hydroxyl groups is 1. The van der Waals surface area contributed by atoms with Crippen LogP contribution in [0.3, 0.4) is 0 Å². The second-order valence-electron chi connectivity index (χ2n) is 3.54. The molecule has 0 aromatic heterocycles. The summed E-state index contributed by atoms with van der Waals surface area (Å²) in [5.74, 6) is 1.10. The summed E-state index contributed by atoms with van der Waals surface area (Å²) >= 11 is 0. The normalized spacial score (nSPS) is 38.6. The van der Waals surface area contributed by atoms with E-state index in [-0.39, 0.29) is 6.10 Å². The van der Waals surface area contributed by atoms with Gasteiger partial charge in [0.15, 0.2) is 0 Å². The van der Waals surface area contributed by atoms with Gasteiger partial charge in [-0.05, 0) is 25.2 Å². The van der Waals surface area contributed by atoms with Crippen LogP contribution in [0.4, 0.5) is 0 Å². The van der Waals surface area contributed by atoms with Crippen LogP contribution in [0.5, 0.6) is 0 Å². The van der Waals surface area contributed by atoms with Crippen molar-refractivity contribution in [2.24, 2.45) is 11.8 Å². The number of hydrogen-bond acceptors (Lipinski definition) is 1. The summed E-state index contributed by atoms with van der Waals surface area (Å²) in [6.45, 7) is 4.35. The van der Waals surface area contributed by atoms with Gasteiger partial charge in [0, 0.05) is 5.92 Å². The first-order valence-electron chi connectivity index (χ1n) is 4.60. The topological polar surface area (TPSA) is 20.2 Å². The van der Waals surface area contributed by atoms with Crippen LogP contribution in [0.15, 0.2) is 12.2 Å². The molecular weight excluding hydrogens is 136 g/mol. The highest BCUT2D eigenvalue weighted by Crippen LogP contribution is 2.32. The quantitative estimate of drug-likeness (QED) is 0.605. The van der Waals surface area contributed by atoms with E-state index in [1.165, 1.54) is 6.42 Å². The van der Waals surface area contributed by atoms with Gasteiger partial charge in [0.2, 0.25) is 0 Å². The van der Waals surface area contributed by atoms with E-state index in [0.717, 1.165) is 12.8 Å². The van der Waals surface area contributed by atoms with Crippen LogP contribution in [0.2, 0.25) is 0 Å². The van der Waals surface area contributed by atoms with Gasteiger partial charge >= 0.3 is 0 Å². The highest BCUT2D eigenvalue weighted by Gasteiger charge is 2.29. The summed E-state index contributed by atoms with van der Waals surface area (Å²) < 4.78 is 0. The minimum absolute atomic E-state index is 0.0761. The zero-order valence-corrected chi connectivity index (χ0v) is 7.46. The van der Waals surface area contributed by atoms with Crippen LogP contribution >= 0.6 is 0 Å². The number of hydrogen-bond donors (Lipinski definition) is 1. The summed E-state index contributed by atoms with van der Waals surface area (Å²) in [5.41, 5.74) is 0. The third-order valence-corrected chi connectivity index (χ3v) is 2.61. The van der Waals surface area contributed by atoms with Crippen molar-refractivity contribution in [3.05, 3.63) is 12.2 Å². The Morgan fingerprint density at radius 1 is 1.45 bits per heavy atom. The average Bonchev–Trinajstić information content (AvgIpc) is 2.29. The van der Waals surface area contributed by atoms with Crippen molar-refractivity contribution < 1.29 is 5.11 Å². The second-order valence-corrected chi connectivity index (χ2v) is 3.54. The van der Waals surface area contributed by atoms with Gasteiger partial charge in [0.05, 0.1) is 6.10 Å². The molecule has 0 amide bonds. The Morgan fingerprint density at radius 2 is 2.18 bits per heavy atom. The smallest absolute Gasteiger partial charge is 0.0605 e. The lowest BCUT2D eigenvalue weighted by atomic mass is 9.96. The van der Waals surface area contributed by atoms with Crippen molar-refractivity contribution >= 4 is 0 Å². The summed E-state index contributed by atoms with van der Waals surface area (Å²) in [4.78, 5) is 0. The molecule has 1 aliphatic carbocycles. The van der Waals surface area contributed by atoms with E-state index in [1.807, 2.05) is 0 Å². The van der Waals surface area contributed by atoms with Gasteiger partial charge in [-0.1, -0.05) is 26.0 Å². The molecule has 1 rings (SSSR count). The molecule has 0 aromatic carbocycles. The van der Waals surface area contributed by atoms with Crippen molar-refractivity contribution in [2.75, 3.05) is 0 Å². The predicted molar refractivity (Wildman–Crippen MR) is 47.3 cm³/mol. The highest BCUT2D eigenvalue weighted by atomic mass is 16.3. The van der Waals surface area contributed by atoms with Crippen LogP contribution in [0.1, 0.15) is 33.1 Å². The number of allylic oxidation sites excluding steroid dienone is 1. The summed E-state index contributed by atoms with van der Waals surface area (Å²) in [6, 6.07) is 0. The molecule has 0 aromatic rings. The summed E-state index contributed by atoms with van der Waals surface area (Å²) in [7, 11) is 0. The first kappa shape index (κ1) is 8.79. The Kier molecular flexibility index (Phi) is 3.13. The monoisotopic (exact) mass is 154 g/mol. The molecule has 0 spiro atoms. The maximum absolute atomic E-state index is 9.53. The molecule has 64 valence electrons. The Bertz CT molecular complexity index is 130. The molecule has 11 heavy (non-hydrogen) atoms. The molecule has 0 saturated heterocycles. The predicted octanol–water partition coefficient (Wildman–Crippen LogP) is 2.36. The first-order valence-corrected chi connectivity index (χ1v) is 4.60. The van der Waals surface area contributed by atoms with Crippen molar-refractivity contribution in [3.8, 4) is 0 Å². The van der Waals surface area contributed by atoms with Gasteiger partial charge in [-0.2, -0.15) is 0 Å². The zero-order chi connectivity index (χ0) is 8.27. The number of aliphatic hydroxyl groups excluding tert-OH is 1. The molecule has 3 atom stereocenters.